The maximum atomic E-state index is 3.69. The molecule has 2 aliphatic rings. The molecule has 20 heavy (non-hydrogen) atoms. The van der Waals surface area contributed by atoms with E-state index in [0.29, 0.717) is 11.5 Å². The average molecular weight is 269 g/mol. The van der Waals surface area contributed by atoms with E-state index in [0.717, 1.165) is 12.0 Å². The summed E-state index contributed by atoms with van der Waals surface area (Å²) in [6, 6.07) is 10.2. The minimum Gasteiger partial charge on any atom is -0.353 e. The molecule has 0 saturated heterocycles. The standard InChI is InChI=1S/C18H24N2/c1-11-17-16(12-6-4-5-7-14(12)20-17)13-8-9-18(2,3)10-15(13)19-11/h4-7,11,13,15,19-20H,8-10H2,1-3H3/p+1/t11-,13-,15+/m1/s1. The largest absolute Gasteiger partial charge is 0.353 e. The number of rotatable bonds is 0. The molecular weight excluding hydrogens is 244 g/mol. The maximum absolute atomic E-state index is 3.69. The molecule has 0 bridgehead atoms. The van der Waals surface area contributed by atoms with E-state index in [1.54, 1.807) is 5.56 Å². The van der Waals surface area contributed by atoms with Crippen molar-refractivity contribution >= 4 is 10.9 Å². The predicted molar refractivity (Wildman–Crippen MR) is 82.8 cm³/mol. The molecule has 3 N–H and O–H groups in total. The summed E-state index contributed by atoms with van der Waals surface area (Å²) in [5.74, 6) is 0.741. The van der Waals surface area contributed by atoms with Gasteiger partial charge in [-0.25, -0.2) is 0 Å². The molecule has 0 amide bonds. The molecule has 106 valence electrons. The molecule has 4 rings (SSSR count). The molecule has 2 nitrogen and oxygen atoms in total. The highest BCUT2D eigenvalue weighted by Crippen LogP contribution is 2.46. The van der Waals surface area contributed by atoms with E-state index in [1.807, 2.05) is 0 Å². The predicted octanol–water partition coefficient (Wildman–Crippen LogP) is 3.47. The highest BCUT2D eigenvalue weighted by Gasteiger charge is 2.44. The van der Waals surface area contributed by atoms with Crippen LogP contribution in [0.25, 0.3) is 10.9 Å². The normalized spacial score (nSPS) is 31.9. The van der Waals surface area contributed by atoms with E-state index in [2.05, 4.69) is 55.3 Å². The lowest BCUT2D eigenvalue weighted by Gasteiger charge is -2.43. The monoisotopic (exact) mass is 269 g/mol. The van der Waals surface area contributed by atoms with Crippen molar-refractivity contribution in [2.75, 3.05) is 0 Å². The number of quaternary nitrogens is 1. The number of aromatic nitrogens is 1. The SMILES string of the molecule is C[C@H]1[NH2+][C@H]2CC(C)(C)CC[C@H]2c2c1[nH]c1ccccc21. The van der Waals surface area contributed by atoms with Crippen LogP contribution < -0.4 is 5.32 Å². The Bertz CT molecular complexity index is 652. The van der Waals surface area contributed by atoms with Crippen molar-refractivity contribution in [3.63, 3.8) is 0 Å². The lowest BCUT2D eigenvalue weighted by Crippen LogP contribution is -2.93. The van der Waals surface area contributed by atoms with E-state index in [9.17, 15) is 0 Å². The molecule has 2 heteroatoms. The lowest BCUT2D eigenvalue weighted by molar-refractivity contribution is -0.735. The topological polar surface area (TPSA) is 32.4 Å². The second-order valence-electron chi connectivity index (χ2n) is 7.66. The van der Waals surface area contributed by atoms with E-state index in [4.69, 9.17) is 0 Å². The van der Waals surface area contributed by atoms with Crippen LogP contribution in [0.3, 0.4) is 0 Å². The highest BCUT2D eigenvalue weighted by atomic mass is 15.0. The number of para-hydroxylation sites is 1. The van der Waals surface area contributed by atoms with Crippen LogP contribution in [0.15, 0.2) is 24.3 Å². The Kier molecular flexibility index (Phi) is 2.56. The van der Waals surface area contributed by atoms with Gasteiger partial charge >= 0.3 is 0 Å². The van der Waals surface area contributed by atoms with E-state index < -0.39 is 0 Å². The van der Waals surface area contributed by atoms with Gasteiger partial charge in [0.25, 0.3) is 0 Å². The summed E-state index contributed by atoms with van der Waals surface area (Å²) in [5.41, 5.74) is 4.95. The Labute approximate surface area is 121 Å². The van der Waals surface area contributed by atoms with Crippen molar-refractivity contribution < 1.29 is 5.32 Å². The Morgan fingerprint density at radius 1 is 1.25 bits per heavy atom. The molecule has 1 fully saturated rings. The second kappa shape index (κ2) is 4.11. The Hall–Kier alpha value is -1.28. The van der Waals surface area contributed by atoms with Gasteiger partial charge in [-0.15, -0.1) is 0 Å². The molecule has 2 heterocycles. The molecule has 0 spiro atoms. The lowest BCUT2D eigenvalue weighted by atomic mass is 9.66. The van der Waals surface area contributed by atoms with Crippen LogP contribution in [0.2, 0.25) is 0 Å². The summed E-state index contributed by atoms with van der Waals surface area (Å²) in [5, 5.41) is 4.08. The van der Waals surface area contributed by atoms with Crippen LogP contribution in [0.1, 0.15) is 63.3 Å². The molecule has 1 saturated carbocycles. The maximum Gasteiger partial charge on any atom is 0.124 e. The number of H-pyrrole nitrogens is 1. The number of fused-ring (bicyclic) bond motifs is 5. The van der Waals surface area contributed by atoms with Gasteiger partial charge in [-0.05, 0) is 36.8 Å². The van der Waals surface area contributed by atoms with Gasteiger partial charge in [0.1, 0.15) is 6.04 Å². The first-order valence-corrected chi connectivity index (χ1v) is 8.01. The average Bonchev–Trinajstić information content (AvgIpc) is 2.78. The minimum atomic E-state index is 0.515. The van der Waals surface area contributed by atoms with Crippen LogP contribution in [0.4, 0.5) is 0 Å². The number of hydrogen-bond acceptors (Lipinski definition) is 0. The van der Waals surface area contributed by atoms with Crippen LogP contribution in [-0.2, 0) is 0 Å². The van der Waals surface area contributed by atoms with Gasteiger partial charge in [0.2, 0.25) is 0 Å². The second-order valence-corrected chi connectivity index (χ2v) is 7.66. The minimum absolute atomic E-state index is 0.515. The first-order chi connectivity index (χ1) is 9.55. The van der Waals surface area contributed by atoms with Crippen molar-refractivity contribution in [1.82, 2.24) is 4.98 Å². The molecule has 1 aromatic heterocycles. The fourth-order valence-corrected chi connectivity index (χ4v) is 4.61. The number of nitrogens with one attached hydrogen (secondary N) is 1. The van der Waals surface area contributed by atoms with Crippen molar-refractivity contribution in [1.29, 1.82) is 0 Å². The smallest absolute Gasteiger partial charge is 0.124 e. The third-order valence-corrected chi connectivity index (χ3v) is 5.58. The third-order valence-electron chi connectivity index (χ3n) is 5.58. The van der Waals surface area contributed by atoms with Crippen LogP contribution >= 0.6 is 0 Å². The first kappa shape index (κ1) is 12.5. The van der Waals surface area contributed by atoms with Gasteiger partial charge in [0.15, 0.2) is 0 Å². The van der Waals surface area contributed by atoms with Gasteiger partial charge in [-0.1, -0.05) is 32.0 Å². The summed E-state index contributed by atoms with van der Waals surface area (Å²) >= 11 is 0. The molecule has 1 aliphatic heterocycles. The van der Waals surface area contributed by atoms with Gasteiger partial charge in [0, 0.05) is 23.2 Å². The molecule has 0 radical (unpaired) electrons. The van der Waals surface area contributed by atoms with Gasteiger partial charge < -0.3 is 10.3 Å². The van der Waals surface area contributed by atoms with Crippen molar-refractivity contribution in [2.24, 2.45) is 5.41 Å². The molecule has 0 unspecified atom stereocenters. The van der Waals surface area contributed by atoms with Gasteiger partial charge in [-0.2, -0.15) is 0 Å². The van der Waals surface area contributed by atoms with Gasteiger partial charge in [-0.3, -0.25) is 0 Å². The number of nitrogens with two attached hydrogens (primary N) is 1. The summed E-state index contributed by atoms with van der Waals surface area (Å²) in [7, 11) is 0. The zero-order valence-electron chi connectivity index (χ0n) is 12.7. The van der Waals surface area contributed by atoms with E-state index in [-0.39, 0.29) is 0 Å². The van der Waals surface area contributed by atoms with E-state index in [1.165, 1.54) is 35.9 Å². The summed E-state index contributed by atoms with van der Waals surface area (Å²) < 4.78 is 0. The number of benzene rings is 1. The Balaban J connectivity index is 1.86. The zero-order valence-corrected chi connectivity index (χ0v) is 12.7. The van der Waals surface area contributed by atoms with Crippen LogP contribution in [0.5, 0.6) is 0 Å². The highest BCUT2D eigenvalue weighted by molar-refractivity contribution is 5.85. The first-order valence-electron chi connectivity index (χ1n) is 8.01. The Morgan fingerprint density at radius 3 is 2.90 bits per heavy atom. The van der Waals surface area contributed by atoms with E-state index >= 15 is 0 Å². The molecule has 1 aromatic carbocycles. The zero-order chi connectivity index (χ0) is 13.9. The van der Waals surface area contributed by atoms with Crippen molar-refractivity contribution in [3.8, 4) is 0 Å². The molecule has 2 aromatic rings. The fraction of sp³-hybridized carbons (Fsp3) is 0.556. The van der Waals surface area contributed by atoms with Crippen LogP contribution in [0, 0.1) is 5.41 Å². The third kappa shape index (κ3) is 1.74. The molecule has 3 atom stereocenters. The number of hydrogen-bond donors (Lipinski definition) is 2. The van der Waals surface area contributed by atoms with Crippen molar-refractivity contribution in [2.45, 2.75) is 58.0 Å². The summed E-state index contributed by atoms with van der Waals surface area (Å²) in [6.07, 6.45) is 4.05. The molecular formula is C18H25N2+. The number of aromatic amines is 1. The van der Waals surface area contributed by atoms with Crippen LogP contribution in [-0.4, -0.2) is 11.0 Å². The summed E-state index contributed by atoms with van der Waals surface area (Å²) in [4.78, 5) is 3.69. The quantitative estimate of drug-likeness (QED) is 0.734. The summed E-state index contributed by atoms with van der Waals surface area (Å²) in [6.45, 7) is 7.23. The van der Waals surface area contributed by atoms with Crippen molar-refractivity contribution in [3.05, 3.63) is 35.5 Å². The Morgan fingerprint density at radius 2 is 2.05 bits per heavy atom. The van der Waals surface area contributed by atoms with Gasteiger partial charge in [0.05, 0.1) is 11.7 Å². The molecule has 1 aliphatic carbocycles. The fourth-order valence-electron chi connectivity index (χ4n) is 4.61.